The minimum absolute atomic E-state index is 0.458. The number of nitrogens with one attached hydrogen (secondary N) is 2. The van der Waals surface area contributed by atoms with Gasteiger partial charge in [-0.3, -0.25) is 0 Å². The fraction of sp³-hybridized carbons (Fsp3) is 0.500. The van der Waals surface area contributed by atoms with Crippen LogP contribution < -0.4 is 15.4 Å². The minimum Gasteiger partial charge on any atom is -0.496 e. The molecule has 5 nitrogen and oxygen atoms in total. The van der Waals surface area contributed by atoms with Crippen LogP contribution in [0.3, 0.4) is 0 Å². The molecule has 0 spiro atoms. The Balaban J connectivity index is 1.94. The highest BCUT2D eigenvalue weighted by Crippen LogP contribution is 2.20. The molecule has 0 aliphatic carbocycles. The summed E-state index contributed by atoms with van der Waals surface area (Å²) in [6.07, 6.45) is 0.879. The zero-order valence-electron chi connectivity index (χ0n) is 16.4. The second-order valence-electron chi connectivity index (χ2n) is 6.51. The maximum absolute atomic E-state index is 5.45. The topological polar surface area (TPSA) is 58.5 Å². The Morgan fingerprint density at radius 1 is 1.31 bits per heavy atom. The molecule has 0 atom stereocenters. The van der Waals surface area contributed by atoms with Gasteiger partial charge in [-0.2, -0.15) is 0 Å². The average molecular weight is 375 g/mol. The van der Waals surface area contributed by atoms with Gasteiger partial charge in [0.15, 0.2) is 5.96 Å². The van der Waals surface area contributed by atoms with Crippen LogP contribution in [0, 0.1) is 6.92 Å². The molecule has 0 radical (unpaired) electrons. The molecule has 0 aliphatic heterocycles. The highest BCUT2D eigenvalue weighted by atomic mass is 32.1. The first-order chi connectivity index (χ1) is 12.5. The van der Waals surface area contributed by atoms with Gasteiger partial charge < -0.3 is 15.4 Å². The molecule has 0 bridgehead atoms. The number of hydrogen-bond donors (Lipinski definition) is 2. The number of nitrogens with zero attached hydrogens (tertiary/aromatic N) is 2. The van der Waals surface area contributed by atoms with E-state index < -0.39 is 0 Å². The van der Waals surface area contributed by atoms with Crippen molar-refractivity contribution in [1.82, 2.24) is 15.6 Å². The van der Waals surface area contributed by atoms with Crippen molar-refractivity contribution in [3.05, 3.63) is 45.4 Å². The Labute approximate surface area is 160 Å². The van der Waals surface area contributed by atoms with E-state index in [1.807, 2.05) is 6.07 Å². The third-order valence-corrected chi connectivity index (χ3v) is 4.85. The molecule has 1 heterocycles. The SMILES string of the molecule is CCNC(=NCc1nc(C(C)C)cs1)NCCc1cc(C)ccc1OC. The van der Waals surface area contributed by atoms with E-state index in [0.29, 0.717) is 12.5 Å². The van der Waals surface area contributed by atoms with Crippen molar-refractivity contribution in [3.8, 4) is 5.75 Å². The van der Waals surface area contributed by atoms with Crippen LogP contribution in [0.5, 0.6) is 5.75 Å². The molecule has 0 unspecified atom stereocenters. The second kappa shape index (κ2) is 10.2. The summed E-state index contributed by atoms with van der Waals surface area (Å²) in [5.41, 5.74) is 3.59. The molecule has 1 aromatic heterocycles. The first-order valence-electron chi connectivity index (χ1n) is 9.13. The number of hydrogen-bond acceptors (Lipinski definition) is 4. The summed E-state index contributed by atoms with van der Waals surface area (Å²) in [7, 11) is 1.71. The zero-order chi connectivity index (χ0) is 18.9. The maximum atomic E-state index is 5.45. The van der Waals surface area contributed by atoms with Crippen LogP contribution in [0.1, 0.15) is 48.5 Å². The summed E-state index contributed by atoms with van der Waals surface area (Å²) in [6, 6.07) is 6.27. The molecule has 0 fully saturated rings. The largest absolute Gasteiger partial charge is 0.496 e. The third-order valence-electron chi connectivity index (χ3n) is 4.00. The number of aromatic nitrogens is 1. The Hall–Kier alpha value is -2.08. The van der Waals surface area contributed by atoms with Gasteiger partial charge in [-0.25, -0.2) is 9.98 Å². The van der Waals surface area contributed by atoms with E-state index in [1.165, 1.54) is 11.1 Å². The molecule has 2 aromatic rings. The third kappa shape index (κ3) is 6.02. The minimum atomic E-state index is 0.458. The second-order valence-corrected chi connectivity index (χ2v) is 7.45. The van der Waals surface area contributed by atoms with E-state index in [9.17, 15) is 0 Å². The van der Waals surface area contributed by atoms with E-state index >= 15 is 0 Å². The summed E-state index contributed by atoms with van der Waals surface area (Å²) in [5, 5.41) is 9.87. The van der Waals surface area contributed by atoms with Crippen molar-refractivity contribution < 1.29 is 4.74 Å². The normalized spacial score (nSPS) is 11.7. The van der Waals surface area contributed by atoms with E-state index in [0.717, 1.165) is 41.9 Å². The number of methoxy groups -OCH3 is 1. The average Bonchev–Trinajstić information content (AvgIpc) is 3.09. The van der Waals surface area contributed by atoms with Crippen LogP contribution in [-0.4, -0.2) is 31.1 Å². The monoisotopic (exact) mass is 374 g/mol. The molecule has 2 rings (SSSR count). The van der Waals surface area contributed by atoms with Gasteiger partial charge in [-0.15, -0.1) is 11.3 Å². The van der Waals surface area contributed by atoms with E-state index in [4.69, 9.17) is 4.74 Å². The van der Waals surface area contributed by atoms with Gasteiger partial charge in [-0.05, 0) is 37.8 Å². The highest BCUT2D eigenvalue weighted by molar-refractivity contribution is 7.09. The van der Waals surface area contributed by atoms with Gasteiger partial charge in [0.05, 0.1) is 19.3 Å². The van der Waals surface area contributed by atoms with Crippen molar-refractivity contribution in [2.24, 2.45) is 4.99 Å². The van der Waals surface area contributed by atoms with Crippen LogP contribution in [0.15, 0.2) is 28.6 Å². The molecule has 1 aromatic carbocycles. The Bertz CT molecular complexity index is 724. The zero-order valence-corrected chi connectivity index (χ0v) is 17.2. The first kappa shape index (κ1) is 20.2. The van der Waals surface area contributed by atoms with Crippen LogP contribution in [0.4, 0.5) is 0 Å². The van der Waals surface area contributed by atoms with Crippen LogP contribution in [-0.2, 0) is 13.0 Å². The first-order valence-corrected chi connectivity index (χ1v) is 10.0. The van der Waals surface area contributed by atoms with E-state index in [-0.39, 0.29) is 0 Å². The lowest BCUT2D eigenvalue weighted by Crippen LogP contribution is -2.38. The predicted molar refractivity (Wildman–Crippen MR) is 110 cm³/mol. The smallest absolute Gasteiger partial charge is 0.191 e. The summed E-state index contributed by atoms with van der Waals surface area (Å²) < 4.78 is 5.45. The lowest BCUT2D eigenvalue weighted by Gasteiger charge is -2.13. The summed E-state index contributed by atoms with van der Waals surface area (Å²) in [6.45, 7) is 10.7. The fourth-order valence-electron chi connectivity index (χ4n) is 2.57. The summed E-state index contributed by atoms with van der Waals surface area (Å²) in [5.74, 6) is 2.21. The standard InChI is InChI=1S/C20H30N4OS/c1-6-21-20(23-12-19-24-17(13-26-19)14(2)3)22-10-9-16-11-15(4)7-8-18(16)25-5/h7-8,11,13-14H,6,9-10,12H2,1-5H3,(H2,21,22,23). The summed E-state index contributed by atoms with van der Waals surface area (Å²) >= 11 is 1.67. The van der Waals surface area contributed by atoms with Gasteiger partial charge in [0, 0.05) is 18.5 Å². The Kier molecular flexibility index (Phi) is 7.91. The van der Waals surface area contributed by atoms with Crippen molar-refractivity contribution in [2.75, 3.05) is 20.2 Å². The van der Waals surface area contributed by atoms with Gasteiger partial charge in [-0.1, -0.05) is 31.5 Å². The molecule has 0 saturated heterocycles. The fourth-order valence-corrected chi connectivity index (χ4v) is 3.45. The molecule has 142 valence electrons. The number of rotatable bonds is 8. The molecular weight excluding hydrogens is 344 g/mol. The van der Waals surface area contributed by atoms with Gasteiger partial charge in [0.25, 0.3) is 0 Å². The molecule has 26 heavy (non-hydrogen) atoms. The van der Waals surface area contributed by atoms with Gasteiger partial charge in [0.2, 0.25) is 0 Å². The van der Waals surface area contributed by atoms with Crippen LogP contribution >= 0.6 is 11.3 Å². The van der Waals surface area contributed by atoms with Gasteiger partial charge >= 0.3 is 0 Å². The lowest BCUT2D eigenvalue weighted by molar-refractivity contribution is 0.409. The molecule has 2 N–H and O–H groups in total. The van der Waals surface area contributed by atoms with Crippen LogP contribution in [0.25, 0.3) is 0 Å². The quantitative estimate of drug-likeness (QED) is 0.544. The number of benzene rings is 1. The number of thiazole rings is 1. The molecule has 0 amide bonds. The van der Waals surface area contributed by atoms with Crippen molar-refractivity contribution in [3.63, 3.8) is 0 Å². The van der Waals surface area contributed by atoms with E-state index in [1.54, 1.807) is 18.4 Å². The van der Waals surface area contributed by atoms with Crippen molar-refractivity contribution >= 4 is 17.3 Å². The number of aliphatic imine (C=N–C) groups is 1. The van der Waals surface area contributed by atoms with Crippen molar-refractivity contribution in [1.29, 1.82) is 0 Å². The van der Waals surface area contributed by atoms with Crippen molar-refractivity contribution in [2.45, 2.75) is 46.6 Å². The molecule has 6 heteroatoms. The highest BCUT2D eigenvalue weighted by Gasteiger charge is 2.07. The van der Waals surface area contributed by atoms with E-state index in [2.05, 4.69) is 65.8 Å². The number of aryl methyl sites for hydroxylation is 1. The maximum Gasteiger partial charge on any atom is 0.191 e. The predicted octanol–water partition coefficient (Wildman–Crippen LogP) is 3.88. The Morgan fingerprint density at radius 2 is 2.12 bits per heavy atom. The van der Waals surface area contributed by atoms with Gasteiger partial charge in [0.1, 0.15) is 10.8 Å². The van der Waals surface area contributed by atoms with Crippen LogP contribution in [0.2, 0.25) is 0 Å². The molecular formula is C20H30N4OS. The lowest BCUT2D eigenvalue weighted by atomic mass is 10.1. The molecule has 0 aliphatic rings. The number of ether oxygens (including phenoxy) is 1. The Morgan fingerprint density at radius 3 is 2.77 bits per heavy atom. The number of guanidine groups is 1. The summed E-state index contributed by atoms with van der Waals surface area (Å²) in [4.78, 5) is 9.30. The molecule has 0 saturated carbocycles.